The molecule has 0 bridgehead atoms. The Morgan fingerprint density at radius 2 is 1.48 bits per heavy atom. The molecule has 19 nitrogen and oxygen atoms in total. The van der Waals surface area contributed by atoms with E-state index in [0.29, 0.717) is 52.7 Å². The van der Waals surface area contributed by atoms with Crippen LogP contribution in [0.4, 0.5) is 5.69 Å². The molecule has 3 heterocycles. The number of amides is 2. The van der Waals surface area contributed by atoms with E-state index in [1.807, 2.05) is 74.1 Å². The number of aliphatic hydroxyl groups excluding tert-OH is 6. The molecule has 8 N–H and O–H groups in total. The Bertz CT molecular complexity index is 2370. The number of benzene rings is 3. The van der Waals surface area contributed by atoms with Crippen LogP contribution < -0.4 is 30.6 Å². The van der Waals surface area contributed by atoms with E-state index in [2.05, 4.69) is 10.6 Å². The molecule has 0 spiro atoms. The number of nitrogens with one attached hydrogen (secondary N) is 2. The maximum Gasteiger partial charge on any atom is 0.251 e. The lowest BCUT2D eigenvalue weighted by molar-refractivity contribution is -0.364. The molecule has 6 rings (SSSR count). The quantitative estimate of drug-likeness (QED) is 0.0327. The monoisotopic (exact) mass is 936 g/mol. The van der Waals surface area contributed by atoms with E-state index in [4.69, 9.17) is 23.4 Å². The molecule has 19 heteroatoms. The Hall–Kier alpha value is -5.06. The number of carboxylic acid groups (broad SMARTS) is 1. The van der Waals surface area contributed by atoms with Gasteiger partial charge >= 0.3 is 0 Å². The Labute approximate surface area is 388 Å². The first-order valence-corrected chi connectivity index (χ1v) is 22.7. The van der Waals surface area contributed by atoms with Crippen LogP contribution in [0.5, 0.6) is 0 Å². The van der Waals surface area contributed by atoms with Gasteiger partial charge in [0, 0.05) is 85.7 Å². The molecule has 2 aromatic carbocycles. The maximum absolute atomic E-state index is 13.2. The Kier molecular flexibility index (Phi) is 17.9. The van der Waals surface area contributed by atoms with Gasteiger partial charge in [0.05, 0.1) is 24.7 Å². The van der Waals surface area contributed by atoms with Crippen molar-refractivity contribution in [2.75, 3.05) is 59.4 Å². The molecule has 0 radical (unpaired) electrons. The molecule has 0 aromatic heterocycles. The first kappa shape index (κ1) is 51.3. The normalized spacial score (nSPS) is 25.2. The lowest BCUT2D eigenvalue weighted by Crippen LogP contribution is -2.64. The third-order valence-electron chi connectivity index (χ3n) is 12.2. The number of fused-ring (bicyclic) bond motifs is 2. The summed E-state index contributed by atoms with van der Waals surface area (Å²) in [6.45, 7) is 1.35. The molecule has 366 valence electrons. The number of anilines is 1. The fourth-order valence-corrected chi connectivity index (χ4v) is 8.27. The molecule has 4 aliphatic rings. The zero-order valence-corrected chi connectivity index (χ0v) is 38.5. The number of hydrogen-bond donors (Lipinski definition) is 8. The van der Waals surface area contributed by atoms with Gasteiger partial charge in [0.2, 0.25) is 11.3 Å². The first-order valence-electron chi connectivity index (χ1n) is 22.7. The van der Waals surface area contributed by atoms with Gasteiger partial charge in [-0.3, -0.25) is 9.59 Å². The van der Waals surface area contributed by atoms with E-state index in [1.165, 1.54) is 13.0 Å². The number of carbonyl (C=O) groups excluding carboxylic acids is 3. The lowest BCUT2D eigenvalue weighted by atomic mass is 9.89. The van der Waals surface area contributed by atoms with Crippen LogP contribution in [0.2, 0.25) is 0 Å². The fourth-order valence-electron chi connectivity index (χ4n) is 8.27. The zero-order chi connectivity index (χ0) is 48.5. The summed E-state index contributed by atoms with van der Waals surface area (Å²) in [4.78, 5) is 40.3. The van der Waals surface area contributed by atoms with Crippen molar-refractivity contribution in [2.45, 2.75) is 113 Å². The predicted molar refractivity (Wildman–Crippen MR) is 243 cm³/mol. The van der Waals surface area contributed by atoms with E-state index in [9.17, 15) is 50.1 Å². The van der Waals surface area contributed by atoms with Crippen molar-refractivity contribution in [3.63, 3.8) is 0 Å². The van der Waals surface area contributed by atoms with Crippen LogP contribution in [0.15, 0.2) is 59.0 Å². The number of aromatic carboxylic acids is 1. The number of hydrogen-bond acceptors (Lipinski definition) is 16. The minimum absolute atomic E-state index is 0.120. The van der Waals surface area contributed by atoms with Crippen molar-refractivity contribution in [1.82, 2.24) is 15.2 Å². The largest absolute Gasteiger partial charge is 0.545 e. The molecule has 1 aliphatic carbocycles. The number of ether oxygens (including phenoxy) is 4. The highest BCUT2D eigenvalue weighted by atomic mass is 16.8. The first-order chi connectivity index (χ1) is 32.0. The van der Waals surface area contributed by atoms with Crippen molar-refractivity contribution in [3.8, 4) is 22.5 Å². The summed E-state index contributed by atoms with van der Waals surface area (Å²) >= 11 is 0. The van der Waals surface area contributed by atoms with Crippen LogP contribution in [0.1, 0.15) is 72.6 Å². The van der Waals surface area contributed by atoms with E-state index >= 15 is 0 Å². The van der Waals surface area contributed by atoms with Gasteiger partial charge in [0.25, 0.3) is 5.91 Å². The SMILES string of the molecule is C[C@@H]1O[C@@H](O[C@H]2[C@H](OCCCCCCCCC(=O)NCCNC(=O)c3ccc(-c4c5ccc(=[N+](C)C)cc-5oc5cc(N(C)C)ccc45)c(C(=O)[O-])c3)O[C@H](CO)[C@H](O)[C@@H]2O)[C@@H](O)[C@H](O)[C@@H]1O. The summed E-state index contributed by atoms with van der Waals surface area (Å²) in [6.07, 6.45) is -9.06. The second-order valence-corrected chi connectivity index (χ2v) is 17.5. The molecule has 67 heavy (non-hydrogen) atoms. The molecule has 0 unspecified atom stereocenters. The average Bonchev–Trinajstić information content (AvgIpc) is 3.31. The number of unbranched alkanes of at least 4 members (excludes halogenated alkanes) is 5. The Balaban J connectivity index is 0.928. The highest BCUT2D eigenvalue weighted by molar-refractivity contribution is 6.09. The summed E-state index contributed by atoms with van der Waals surface area (Å²) < 4.78 is 31.0. The molecule has 2 fully saturated rings. The Morgan fingerprint density at radius 1 is 0.776 bits per heavy atom. The molecule has 10 atom stereocenters. The minimum Gasteiger partial charge on any atom is -0.545 e. The molecular weight excluding hydrogens is 873 g/mol. The zero-order valence-electron chi connectivity index (χ0n) is 38.5. The van der Waals surface area contributed by atoms with Crippen LogP contribution in [0.25, 0.3) is 33.4 Å². The van der Waals surface area contributed by atoms with Gasteiger partial charge in [-0.05, 0) is 55.7 Å². The third kappa shape index (κ3) is 12.3. The average molecular weight is 937 g/mol. The molecular formula is C48H64N4O15. The fraction of sp³-hybridized carbons (Fsp3) is 0.542. The minimum atomic E-state index is -1.66. The van der Waals surface area contributed by atoms with Crippen molar-refractivity contribution in [3.05, 3.63) is 71.1 Å². The van der Waals surface area contributed by atoms with Crippen LogP contribution >= 0.6 is 0 Å². The summed E-state index contributed by atoms with van der Waals surface area (Å²) in [5, 5.41) is 81.2. The summed E-state index contributed by atoms with van der Waals surface area (Å²) in [5.41, 5.74) is 3.13. The van der Waals surface area contributed by atoms with Gasteiger partial charge < -0.3 is 79.4 Å². The van der Waals surface area contributed by atoms with Crippen molar-refractivity contribution in [1.29, 1.82) is 0 Å². The molecule has 2 saturated heterocycles. The second kappa shape index (κ2) is 23.3. The number of carboxylic acids is 1. The smallest absolute Gasteiger partial charge is 0.251 e. The summed E-state index contributed by atoms with van der Waals surface area (Å²) in [7, 11) is 7.67. The standard InChI is InChI=1S/C48H64N4O15/c1-26-39(55)41(57)43(59)47(64-26)67-44-42(58)40(56)36(25-53)66-48(44)63-21-11-9-7-6-8-10-12-37(54)49-19-20-50-45(60)27-13-16-30(33(22-27)46(61)62)38-31-17-14-28(51(2)3)23-34(31)65-35-24-29(52(4)5)15-18-32(35)38/h13-18,22-24,26,36,39-44,47-48,53,55-59H,6-12,19-21,25H2,1-5H3,(H2-,49,50,54,60,61,62)/t26-,36+,39+,40-,41+,42-,43-,44+,47-,48+/m0/s1. The highest BCUT2D eigenvalue weighted by Gasteiger charge is 2.50. The number of aliphatic hydroxyl groups is 6. The van der Waals surface area contributed by atoms with Crippen LogP contribution in [0, 0.1) is 0 Å². The summed E-state index contributed by atoms with van der Waals surface area (Å²) in [5.74, 6) is -1.55. The van der Waals surface area contributed by atoms with E-state index in [0.717, 1.165) is 36.7 Å². The third-order valence-corrected chi connectivity index (χ3v) is 12.2. The topological polar surface area (TPSA) is 276 Å². The van der Waals surface area contributed by atoms with Gasteiger partial charge in [0.15, 0.2) is 12.6 Å². The Morgan fingerprint density at radius 3 is 2.18 bits per heavy atom. The number of nitrogens with zero attached hydrogens (tertiary/aromatic N) is 2. The predicted octanol–water partition coefficient (Wildman–Crippen LogP) is -0.0891. The van der Waals surface area contributed by atoms with Gasteiger partial charge in [-0.25, -0.2) is 4.58 Å². The van der Waals surface area contributed by atoms with Crippen LogP contribution in [-0.2, 0) is 23.7 Å². The van der Waals surface area contributed by atoms with Crippen molar-refractivity contribution in [2.24, 2.45) is 0 Å². The van der Waals surface area contributed by atoms with Gasteiger partial charge in [-0.1, -0.05) is 31.7 Å². The summed E-state index contributed by atoms with van der Waals surface area (Å²) in [6, 6.07) is 15.9. The maximum atomic E-state index is 13.2. The van der Waals surface area contributed by atoms with Crippen molar-refractivity contribution >= 4 is 34.4 Å². The lowest BCUT2D eigenvalue weighted by Gasteiger charge is -2.45. The van der Waals surface area contributed by atoms with Gasteiger partial charge in [-0.2, -0.15) is 0 Å². The van der Waals surface area contributed by atoms with Gasteiger partial charge in [-0.15, -0.1) is 0 Å². The van der Waals surface area contributed by atoms with Crippen LogP contribution in [-0.4, -0.2) is 164 Å². The van der Waals surface area contributed by atoms with Gasteiger partial charge in [0.1, 0.15) is 68.2 Å². The van der Waals surface area contributed by atoms with Crippen molar-refractivity contribution < 1.29 is 73.5 Å². The second-order valence-electron chi connectivity index (χ2n) is 17.5. The van der Waals surface area contributed by atoms with E-state index in [1.54, 1.807) is 12.1 Å². The highest BCUT2D eigenvalue weighted by Crippen LogP contribution is 2.42. The van der Waals surface area contributed by atoms with E-state index in [-0.39, 0.29) is 36.7 Å². The molecule has 2 aromatic rings. The number of carbonyl (C=O) groups is 3. The molecule has 0 saturated carbocycles. The molecule has 2 amide bonds. The van der Waals surface area contributed by atoms with E-state index < -0.39 is 79.9 Å². The molecule has 3 aliphatic heterocycles. The number of rotatable bonds is 20. The van der Waals surface area contributed by atoms with Crippen LogP contribution in [0.3, 0.4) is 0 Å².